The first-order valence-corrected chi connectivity index (χ1v) is 10.2. The quantitative estimate of drug-likeness (QED) is 0.691. The van der Waals surface area contributed by atoms with Gasteiger partial charge < -0.3 is 14.8 Å². The standard InChI is InChI=1S/C20H26N2O5S/c1-15-10-11-18(27-4)19(12-15)28(24,25)22(17-8-6-5-7-9-17)13-20(23)21-16(2)14-26-3/h5-12,16H,13-14H2,1-4H3,(H,21,23)/t16-/m0/s1. The Kier molecular flexibility index (Phi) is 7.42. The highest BCUT2D eigenvalue weighted by atomic mass is 32.2. The van der Waals surface area contributed by atoms with Crippen LogP contribution in [-0.4, -0.2) is 47.7 Å². The van der Waals surface area contributed by atoms with Crippen LogP contribution in [-0.2, 0) is 19.6 Å². The molecule has 0 aliphatic rings. The summed E-state index contributed by atoms with van der Waals surface area (Å²) in [6.45, 7) is 3.55. The second kappa shape index (κ2) is 9.57. The number of carbonyl (C=O) groups is 1. The Morgan fingerprint density at radius 3 is 2.43 bits per heavy atom. The van der Waals surface area contributed by atoms with Gasteiger partial charge in [-0.3, -0.25) is 9.10 Å². The van der Waals surface area contributed by atoms with Gasteiger partial charge in [0.2, 0.25) is 5.91 Å². The van der Waals surface area contributed by atoms with Gasteiger partial charge in [-0.15, -0.1) is 0 Å². The SMILES string of the molecule is COC[C@H](C)NC(=O)CN(c1ccccc1)S(=O)(=O)c1cc(C)ccc1OC. The lowest BCUT2D eigenvalue weighted by Crippen LogP contribution is -2.44. The summed E-state index contributed by atoms with van der Waals surface area (Å²) in [5.41, 5.74) is 1.16. The summed E-state index contributed by atoms with van der Waals surface area (Å²) in [5, 5.41) is 2.74. The zero-order valence-electron chi connectivity index (χ0n) is 16.5. The van der Waals surface area contributed by atoms with Gasteiger partial charge in [0.05, 0.1) is 19.4 Å². The Bertz CT molecular complexity index is 900. The second-order valence-electron chi connectivity index (χ2n) is 6.43. The molecular weight excluding hydrogens is 380 g/mol. The van der Waals surface area contributed by atoms with Crippen molar-refractivity contribution in [1.29, 1.82) is 0 Å². The fourth-order valence-corrected chi connectivity index (χ4v) is 4.42. The predicted octanol–water partition coefficient (Wildman–Crippen LogP) is 2.35. The third kappa shape index (κ3) is 5.24. The molecule has 0 aliphatic heterocycles. The van der Waals surface area contributed by atoms with Crippen LogP contribution in [0.5, 0.6) is 5.75 Å². The Morgan fingerprint density at radius 2 is 1.82 bits per heavy atom. The largest absolute Gasteiger partial charge is 0.495 e. The average Bonchev–Trinajstić information content (AvgIpc) is 2.66. The van der Waals surface area contributed by atoms with Gasteiger partial charge in [0.15, 0.2) is 0 Å². The smallest absolute Gasteiger partial charge is 0.268 e. The van der Waals surface area contributed by atoms with Crippen LogP contribution in [0.4, 0.5) is 5.69 Å². The van der Waals surface area contributed by atoms with Gasteiger partial charge in [-0.25, -0.2) is 8.42 Å². The number of nitrogens with one attached hydrogen (secondary N) is 1. The lowest BCUT2D eigenvalue weighted by Gasteiger charge is -2.25. The lowest BCUT2D eigenvalue weighted by atomic mass is 10.2. The van der Waals surface area contributed by atoms with Crippen molar-refractivity contribution in [3.63, 3.8) is 0 Å². The summed E-state index contributed by atoms with van der Waals surface area (Å²) in [4.78, 5) is 12.5. The van der Waals surface area contributed by atoms with Crippen molar-refractivity contribution in [2.75, 3.05) is 31.7 Å². The second-order valence-corrected chi connectivity index (χ2v) is 8.26. The van der Waals surface area contributed by atoms with Gasteiger partial charge in [-0.1, -0.05) is 24.3 Å². The number of aryl methyl sites for hydroxylation is 1. The number of anilines is 1. The molecule has 2 aromatic carbocycles. The fourth-order valence-electron chi connectivity index (χ4n) is 2.76. The van der Waals surface area contributed by atoms with Gasteiger partial charge in [-0.2, -0.15) is 0 Å². The summed E-state index contributed by atoms with van der Waals surface area (Å²) in [7, 11) is -1.10. The number of ether oxygens (including phenoxy) is 2. The van der Waals surface area contributed by atoms with Gasteiger partial charge >= 0.3 is 0 Å². The van der Waals surface area contributed by atoms with E-state index in [0.717, 1.165) is 9.87 Å². The van der Waals surface area contributed by atoms with Crippen LogP contribution >= 0.6 is 0 Å². The molecule has 8 heteroatoms. The number of methoxy groups -OCH3 is 2. The zero-order chi connectivity index (χ0) is 20.7. The van der Waals surface area contributed by atoms with E-state index in [4.69, 9.17) is 9.47 Å². The molecule has 0 radical (unpaired) electrons. The maximum atomic E-state index is 13.5. The van der Waals surface area contributed by atoms with E-state index in [0.29, 0.717) is 12.3 Å². The molecule has 1 atom stereocenters. The Balaban J connectivity index is 2.45. The van der Waals surface area contributed by atoms with Crippen LogP contribution in [0, 0.1) is 6.92 Å². The van der Waals surface area contributed by atoms with Gasteiger partial charge in [0.1, 0.15) is 17.2 Å². The highest BCUT2D eigenvalue weighted by molar-refractivity contribution is 7.93. The Labute approximate surface area is 166 Å². The summed E-state index contributed by atoms with van der Waals surface area (Å²) < 4.78 is 38.3. The number of para-hydroxylation sites is 1. The first-order valence-electron chi connectivity index (χ1n) is 8.80. The van der Waals surface area contributed by atoms with Crippen LogP contribution in [0.2, 0.25) is 0 Å². The lowest BCUT2D eigenvalue weighted by molar-refractivity contribution is -0.120. The number of hydrogen-bond acceptors (Lipinski definition) is 5. The van der Waals surface area contributed by atoms with Crippen LogP contribution in [0.15, 0.2) is 53.4 Å². The molecule has 0 saturated carbocycles. The molecule has 0 unspecified atom stereocenters. The molecule has 0 heterocycles. The number of carbonyl (C=O) groups excluding carboxylic acids is 1. The third-order valence-corrected chi connectivity index (χ3v) is 5.84. The highest BCUT2D eigenvalue weighted by Crippen LogP contribution is 2.30. The minimum atomic E-state index is -4.05. The van der Waals surface area contributed by atoms with Crippen LogP contribution in [0.3, 0.4) is 0 Å². The first kappa shape index (κ1) is 21.7. The Morgan fingerprint density at radius 1 is 1.14 bits per heavy atom. The fraction of sp³-hybridized carbons (Fsp3) is 0.350. The molecule has 0 saturated heterocycles. The summed E-state index contributed by atoms with van der Waals surface area (Å²) >= 11 is 0. The summed E-state index contributed by atoms with van der Waals surface area (Å²) in [6.07, 6.45) is 0. The molecule has 1 N–H and O–H groups in total. The summed E-state index contributed by atoms with van der Waals surface area (Å²) in [5.74, 6) is -0.205. The van der Waals surface area contributed by atoms with Crippen molar-refractivity contribution in [1.82, 2.24) is 5.32 Å². The molecule has 1 amide bonds. The molecular formula is C20H26N2O5S. The minimum absolute atomic E-state index is 0.0107. The van der Waals surface area contributed by atoms with Gasteiger partial charge in [0, 0.05) is 13.2 Å². The van der Waals surface area contributed by atoms with Gasteiger partial charge in [-0.05, 0) is 43.7 Å². The number of amides is 1. The first-order chi connectivity index (χ1) is 13.3. The molecule has 28 heavy (non-hydrogen) atoms. The number of rotatable bonds is 9. The minimum Gasteiger partial charge on any atom is -0.495 e. The normalized spacial score (nSPS) is 12.3. The number of sulfonamides is 1. The van der Waals surface area contributed by atoms with E-state index in [9.17, 15) is 13.2 Å². The van der Waals surface area contributed by atoms with E-state index in [1.807, 2.05) is 0 Å². The molecule has 0 bridgehead atoms. The molecule has 152 valence electrons. The van der Waals surface area contributed by atoms with E-state index >= 15 is 0 Å². The van der Waals surface area contributed by atoms with E-state index in [1.54, 1.807) is 56.3 Å². The van der Waals surface area contributed by atoms with E-state index in [1.165, 1.54) is 20.3 Å². The van der Waals surface area contributed by atoms with E-state index < -0.39 is 15.9 Å². The number of benzene rings is 2. The van der Waals surface area contributed by atoms with Gasteiger partial charge in [0.25, 0.3) is 10.0 Å². The maximum Gasteiger partial charge on any atom is 0.268 e. The maximum absolute atomic E-state index is 13.5. The van der Waals surface area contributed by atoms with Crippen molar-refractivity contribution in [3.8, 4) is 5.75 Å². The average molecular weight is 407 g/mol. The molecule has 2 aromatic rings. The zero-order valence-corrected chi connectivity index (χ0v) is 17.3. The predicted molar refractivity (Wildman–Crippen MR) is 108 cm³/mol. The van der Waals surface area contributed by atoms with Crippen molar-refractivity contribution in [2.24, 2.45) is 0 Å². The molecule has 0 aliphatic carbocycles. The third-order valence-electron chi connectivity index (χ3n) is 4.04. The molecule has 0 fully saturated rings. The van der Waals surface area contributed by atoms with E-state index in [-0.39, 0.29) is 23.2 Å². The summed E-state index contributed by atoms with van der Waals surface area (Å²) in [6, 6.07) is 13.2. The number of hydrogen-bond donors (Lipinski definition) is 1. The topological polar surface area (TPSA) is 84.9 Å². The molecule has 0 aromatic heterocycles. The molecule has 7 nitrogen and oxygen atoms in total. The van der Waals surface area contributed by atoms with Crippen molar-refractivity contribution in [3.05, 3.63) is 54.1 Å². The molecule has 2 rings (SSSR count). The number of nitrogens with zero attached hydrogens (tertiary/aromatic N) is 1. The molecule has 0 spiro atoms. The van der Waals surface area contributed by atoms with Crippen LogP contribution < -0.4 is 14.4 Å². The highest BCUT2D eigenvalue weighted by Gasteiger charge is 2.30. The van der Waals surface area contributed by atoms with Crippen LogP contribution in [0.25, 0.3) is 0 Å². The monoisotopic (exact) mass is 406 g/mol. The van der Waals surface area contributed by atoms with E-state index in [2.05, 4.69) is 5.32 Å². The van der Waals surface area contributed by atoms with Crippen molar-refractivity contribution in [2.45, 2.75) is 24.8 Å². The van der Waals surface area contributed by atoms with Crippen molar-refractivity contribution < 1.29 is 22.7 Å². The van der Waals surface area contributed by atoms with Crippen molar-refractivity contribution >= 4 is 21.6 Å². The van der Waals surface area contributed by atoms with Crippen LogP contribution in [0.1, 0.15) is 12.5 Å². The Hall–Kier alpha value is -2.58.